The van der Waals surface area contributed by atoms with Gasteiger partial charge in [0.2, 0.25) is 9.84 Å². The number of esters is 1. The van der Waals surface area contributed by atoms with Crippen LogP contribution >= 0.6 is 0 Å². The number of benzene rings is 3. The number of carbonyl (C=O) groups is 2. The second-order valence-corrected chi connectivity index (χ2v) is 10.5. The van der Waals surface area contributed by atoms with Gasteiger partial charge in [-0.05, 0) is 54.8 Å². The quantitative estimate of drug-likeness (QED) is 0.486. The Kier molecular flexibility index (Phi) is 6.31. The molecule has 3 aromatic carbocycles. The number of sulfone groups is 1. The number of rotatable bonds is 5. The maximum absolute atomic E-state index is 13.7. The highest BCUT2D eigenvalue weighted by atomic mass is 32.2. The van der Waals surface area contributed by atoms with Gasteiger partial charge in [-0.25, -0.2) is 13.2 Å². The van der Waals surface area contributed by atoms with Gasteiger partial charge in [0.05, 0.1) is 50.9 Å². The molecular weight excluding hydrogens is 480 g/mol. The molecule has 0 N–H and O–H groups in total. The van der Waals surface area contributed by atoms with Crippen molar-refractivity contribution in [3.63, 3.8) is 0 Å². The van der Waals surface area contributed by atoms with E-state index < -0.39 is 21.7 Å². The van der Waals surface area contributed by atoms with E-state index in [0.29, 0.717) is 17.7 Å². The molecule has 0 saturated carbocycles. The van der Waals surface area contributed by atoms with Gasteiger partial charge in [0, 0.05) is 6.61 Å². The molecule has 3 aromatic rings. The third-order valence-corrected chi connectivity index (χ3v) is 8.18. The Bertz CT molecular complexity index is 1500. The normalized spacial score (nSPS) is 18.0. The molecule has 0 aromatic heterocycles. The summed E-state index contributed by atoms with van der Waals surface area (Å²) in [7, 11) is -4.08. The van der Waals surface area contributed by atoms with Crippen molar-refractivity contribution in [1.82, 2.24) is 0 Å². The average molecular weight is 503 g/mol. The van der Waals surface area contributed by atoms with E-state index in [0.717, 1.165) is 12.8 Å². The topological polar surface area (TPSA) is 114 Å². The standard InChI is InChI=1S/C27H22N2O6S/c28-15-19-6-1-2-7-20(19)16-29-23-14-18(27(31)35-17-21-8-5-13-34-21)11-12-25(23)36(32,33)24-10-4-3-9-22(24)26(29)30/h1-4,6-7,9-12,14,21H,5,8,13,16-17H2/t21-/m1/s1. The highest BCUT2D eigenvalue weighted by Crippen LogP contribution is 2.38. The molecule has 2 heterocycles. The monoisotopic (exact) mass is 502 g/mol. The summed E-state index contributed by atoms with van der Waals surface area (Å²) in [5.74, 6) is -1.19. The molecule has 8 nitrogen and oxygen atoms in total. The van der Waals surface area contributed by atoms with Crippen molar-refractivity contribution in [2.24, 2.45) is 0 Å². The fourth-order valence-electron chi connectivity index (χ4n) is 4.46. The van der Waals surface area contributed by atoms with Crippen LogP contribution in [0.25, 0.3) is 0 Å². The van der Waals surface area contributed by atoms with Gasteiger partial charge in [-0.2, -0.15) is 5.26 Å². The highest BCUT2D eigenvalue weighted by Gasteiger charge is 2.36. The third kappa shape index (κ3) is 4.26. The molecule has 0 spiro atoms. The molecule has 1 saturated heterocycles. The van der Waals surface area contributed by atoms with Crippen LogP contribution in [0, 0.1) is 11.3 Å². The van der Waals surface area contributed by atoms with Gasteiger partial charge >= 0.3 is 5.97 Å². The Morgan fingerprint density at radius 1 is 1.08 bits per heavy atom. The molecule has 5 rings (SSSR count). The smallest absolute Gasteiger partial charge is 0.338 e. The van der Waals surface area contributed by atoms with Crippen molar-refractivity contribution in [3.05, 3.63) is 89.0 Å². The summed E-state index contributed by atoms with van der Waals surface area (Å²) >= 11 is 0. The lowest BCUT2D eigenvalue weighted by atomic mass is 10.1. The van der Waals surface area contributed by atoms with Crippen LogP contribution in [-0.4, -0.2) is 39.6 Å². The van der Waals surface area contributed by atoms with E-state index in [1.807, 2.05) is 0 Å². The van der Waals surface area contributed by atoms with Gasteiger partial charge in [-0.3, -0.25) is 4.79 Å². The molecule has 0 bridgehead atoms. The van der Waals surface area contributed by atoms with Crippen LogP contribution in [-0.2, 0) is 25.9 Å². The van der Waals surface area contributed by atoms with Crippen LogP contribution in [0.2, 0.25) is 0 Å². The number of anilines is 1. The summed E-state index contributed by atoms with van der Waals surface area (Å²) in [5, 5.41) is 9.55. The Labute approximate surface area is 208 Å². The number of fused-ring (bicyclic) bond motifs is 2. The van der Waals surface area contributed by atoms with Gasteiger partial charge < -0.3 is 14.4 Å². The molecule has 2 aliphatic rings. The molecule has 36 heavy (non-hydrogen) atoms. The summed E-state index contributed by atoms with van der Waals surface area (Å²) in [6.45, 7) is 0.659. The second kappa shape index (κ2) is 9.57. The molecule has 1 atom stereocenters. The lowest BCUT2D eigenvalue weighted by Crippen LogP contribution is -2.31. The number of nitrogens with zero attached hydrogens (tertiary/aromatic N) is 2. The highest BCUT2D eigenvalue weighted by molar-refractivity contribution is 7.91. The maximum atomic E-state index is 13.7. The predicted octanol–water partition coefficient (Wildman–Crippen LogP) is 3.89. The van der Waals surface area contributed by atoms with Gasteiger partial charge in [0.25, 0.3) is 5.91 Å². The zero-order valence-corrected chi connectivity index (χ0v) is 20.0. The number of hydrogen-bond donors (Lipinski definition) is 0. The number of amides is 1. The first-order valence-corrected chi connectivity index (χ1v) is 13.0. The van der Waals surface area contributed by atoms with Crippen molar-refractivity contribution in [1.29, 1.82) is 5.26 Å². The van der Waals surface area contributed by atoms with Crippen molar-refractivity contribution in [3.8, 4) is 6.07 Å². The van der Waals surface area contributed by atoms with Crippen LogP contribution in [0.4, 0.5) is 5.69 Å². The fraction of sp³-hybridized carbons (Fsp3) is 0.222. The molecule has 182 valence electrons. The van der Waals surface area contributed by atoms with E-state index in [-0.39, 0.29) is 45.9 Å². The summed E-state index contributed by atoms with van der Waals surface area (Å²) in [6, 6.07) is 19.0. The van der Waals surface area contributed by atoms with Crippen molar-refractivity contribution >= 4 is 27.4 Å². The minimum Gasteiger partial charge on any atom is -0.459 e. The van der Waals surface area contributed by atoms with E-state index in [1.54, 1.807) is 36.4 Å². The number of nitriles is 1. The van der Waals surface area contributed by atoms with Crippen LogP contribution in [0.5, 0.6) is 0 Å². The lowest BCUT2D eigenvalue weighted by molar-refractivity contribution is 0.0161. The second-order valence-electron chi connectivity index (χ2n) is 8.58. The van der Waals surface area contributed by atoms with Crippen LogP contribution in [0.3, 0.4) is 0 Å². The number of ether oxygens (including phenoxy) is 2. The van der Waals surface area contributed by atoms with Crippen molar-refractivity contribution < 1.29 is 27.5 Å². The Balaban J connectivity index is 1.61. The zero-order valence-electron chi connectivity index (χ0n) is 19.2. The van der Waals surface area contributed by atoms with Crippen LogP contribution in [0.1, 0.15) is 44.7 Å². The Hall–Kier alpha value is -4.00. The minimum atomic E-state index is -4.08. The van der Waals surface area contributed by atoms with Crippen molar-refractivity contribution in [2.75, 3.05) is 18.1 Å². The van der Waals surface area contributed by atoms with Gasteiger partial charge in [-0.15, -0.1) is 0 Å². The molecule has 0 unspecified atom stereocenters. The van der Waals surface area contributed by atoms with E-state index in [1.165, 1.54) is 35.2 Å². The van der Waals surface area contributed by atoms with Crippen LogP contribution in [0.15, 0.2) is 76.5 Å². The Morgan fingerprint density at radius 2 is 1.86 bits per heavy atom. The Morgan fingerprint density at radius 3 is 2.64 bits per heavy atom. The first-order valence-electron chi connectivity index (χ1n) is 11.5. The third-order valence-electron chi connectivity index (χ3n) is 6.32. The average Bonchev–Trinajstić information content (AvgIpc) is 3.41. The first-order chi connectivity index (χ1) is 17.4. The first kappa shape index (κ1) is 23.7. The van der Waals surface area contributed by atoms with E-state index >= 15 is 0 Å². The van der Waals surface area contributed by atoms with Gasteiger partial charge in [-0.1, -0.05) is 30.3 Å². The largest absolute Gasteiger partial charge is 0.459 e. The van der Waals surface area contributed by atoms with Gasteiger partial charge in [0.1, 0.15) is 6.61 Å². The molecule has 1 amide bonds. The summed E-state index contributed by atoms with van der Waals surface area (Å²) in [6.07, 6.45) is 1.54. The molecular formula is C27H22N2O6S. The predicted molar refractivity (Wildman–Crippen MR) is 129 cm³/mol. The number of carbonyl (C=O) groups excluding carboxylic acids is 2. The van der Waals surface area contributed by atoms with E-state index in [9.17, 15) is 23.3 Å². The SMILES string of the molecule is N#Cc1ccccc1CN1C(=O)c2ccccc2S(=O)(=O)c2ccc(C(=O)OC[C@H]3CCCO3)cc21. The summed E-state index contributed by atoms with van der Waals surface area (Å²) in [4.78, 5) is 27.6. The zero-order chi connectivity index (χ0) is 25.3. The van der Waals surface area contributed by atoms with Crippen LogP contribution < -0.4 is 4.90 Å². The molecule has 0 radical (unpaired) electrons. The van der Waals surface area contributed by atoms with Gasteiger partial charge in [0.15, 0.2) is 0 Å². The lowest BCUT2D eigenvalue weighted by Gasteiger charge is -2.24. The summed E-state index contributed by atoms with van der Waals surface area (Å²) < 4.78 is 38.1. The van der Waals surface area contributed by atoms with E-state index in [4.69, 9.17) is 9.47 Å². The minimum absolute atomic E-state index is 0.0191. The molecule has 9 heteroatoms. The molecule has 2 aliphatic heterocycles. The number of hydrogen-bond acceptors (Lipinski definition) is 7. The van der Waals surface area contributed by atoms with E-state index in [2.05, 4.69) is 6.07 Å². The molecule has 1 fully saturated rings. The maximum Gasteiger partial charge on any atom is 0.338 e. The summed E-state index contributed by atoms with van der Waals surface area (Å²) in [5.41, 5.74) is 1.09. The van der Waals surface area contributed by atoms with Crippen molar-refractivity contribution in [2.45, 2.75) is 35.3 Å². The fourth-order valence-corrected chi connectivity index (χ4v) is 6.09. The molecule has 0 aliphatic carbocycles.